The number of aryl methyl sites for hydroxylation is 1. The summed E-state index contributed by atoms with van der Waals surface area (Å²) in [5, 5.41) is 3.51. The minimum absolute atomic E-state index is 0.0254. The zero-order valence-corrected chi connectivity index (χ0v) is 16.5. The quantitative estimate of drug-likeness (QED) is 0.778. The van der Waals surface area contributed by atoms with E-state index in [1.54, 1.807) is 26.1 Å². The number of guanidine groups is 1. The van der Waals surface area contributed by atoms with Crippen molar-refractivity contribution >= 4 is 11.9 Å². The van der Waals surface area contributed by atoms with Gasteiger partial charge in [-0.15, -0.1) is 0 Å². The normalized spacial score (nSPS) is 28.0. The highest BCUT2D eigenvalue weighted by Gasteiger charge is 2.54. The van der Waals surface area contributed by atoms with Crippen molar-refractivity contribution in [2.45, 2.75) is 57.7 Å². The molecule has 28 heavy (non-hydrogen) atoms. The lowest BCUT2D eigenvalue weighted by molar-refractivity contribution is -0.133. The van der Waals surface area contributed by atoms with E-state index in [1.807, 2.05) is 0 Å². The van der Waals surface area contributed by atoms with Gasteiger partial charge in [0.15, 0.2) is 11.5 Å². The van der Waals surface area contributed by atoms with Gasteiger partial charge >= 0.3 is 6.61 Å². The number of nitrogens with two attached hydrogens (primary N) is 1. The Labute approximate surface area is 164 Å². The fourth-order valence-corrected chi connectivity index (χ4v) is 4.42. The molecule has 0 radical (unpaired) electrons. The first-order valence-electron chi connectivity index (χ1n) is 9.72. The first-order chi connectivity index (χ1) is 13.3. The molecule has 3 rings (SSSR count). The highest BCUT2D eigenvalue weighted by Crippen LogP contribution is 2.45. The Kier molecular flexibility index (Phi) is 5.88. The number of ether oxygens (including phenoxy) is 1. The summed E-state index contributed by atoms with van der Waals surface area (Å²) in [5.41, 5.74) is 6.11. The van der Waals surface area contributed by atoms with Crippen LogP contribution in [0.15, 0.2) is 23.2 Å². The van der Waals surface area contributed by atoms with E-state index in [0.717, 1.165) is 32.2 Å². The standard InChI is InChI=1S/C20H28F2N4O2/c1-4-5-15-11-14(8-9-24-15)20(17(27)26(3)19(23)25-20)13-6-7-16(12(2)10-13)28-18(21)22/h6-7,10,14-15,18,24H,4-5,8-9,11H2,1-3H3,(H2,23,25). The van der Waals surface area contributed by atoms with Gasteiger partial charge in [-0.05, 0) is 56.0 Å². The van der Waals surface area contributed by atoms with E-state index >= 15 is 0 Å². The molecule has 1 fully saturated rings. The van der Waals surface area contributed by atoms with Gasteiger partial charge in [0.2, 0.25) is 0 Å². The number of hydrogen-bond acceptors (Lipinski definition) is 5. The van der Waals surface area contributed by atoms with Gasteiger partial charge < -0.3 is 15.8 Å². The van der Waals surface area contributed by atoms with Crippen LogP contribution in [0.25, 0.3) is 0 Å². The predicted molar refractivity (Wildman–Crippen MR) is 103 cm³/mol. The van der Waals surface area contributed by atoms with Crippen LogP contribution in [0.4, 0.5) is 8.78 Å². The SMILES string of the molecule is CCCC1CC(C2(c3ccc(OC(F)F)c(C)c3)N=C(N)N(C)C2=O)CCN1. The van der Waals surface area contributed by atoms with Gasteiger partial charge in [0, 0.05) is 19.0 Å². The Morgan fingerprint density at radius 2 is 2.21 bits per heavy atom. The van der Waals surface area contributed by atoms with Crippen LogP contribution in [0, 0.1) is 12.8 Å². The van der Waals surface area contributed by atoms with Gasteiger partial charge in [0.25, 0.3) is 5.91 Å². The molecule has 1 aromatic carbocycles. The van der Waals surface area contributed by atoms with Crippen molar-refractivity contribution in [2.24, 2.45) is 16.6 Å². The molecule has 0 aromatic heterocycles. The summed E-state index contributed by atoms with van der Waals surface area (Å²) in [6.45, 7) is 1.73. The van der Waals surface area contributed by atoms with Crippen LogP contribution in [-0.2, 0) is 10.3 Å². The molecule has 0 spiro atoms. The van der Waals surface area contributed by atoms with Crippen molar-refractivity contribution in [2.75, 3.05) is 13.6 Å². The number of halogens is 2. The van der Waals surface area contributed by atoms with E-state index < -0.39 is 12.2 Å². The van der Waals surface area contributed by atoms with Gasteiger partial charge in [-0.2, -0.15) is 8.78 Å². The molecule has 1 aromatic rings. The molecule has 3 unspecified atom stereocenters. The third-order valence-corrected chi connectivity index (χ3v) is 5.82. The molecule has 6 nitrogen and oxygen atoms in total. The van der Waals surface area contributed by atoms with Crippen molar-refractivity contribution in [3.63, 3.8) is 0 Å². The van der Waals surface area contributed by atoms with Crippen LogP contribution in [0.5, 0.6) is 5.75 Å². The molecule has 0 aliphatic carbocycles. The fraction of sp³-hybridized carbons (Fsp3) is 0.600. The van der Waals surface area contributed by atoms with Gasteiger partial charge in [0.05, 0.1) is 0 Å². The number of piperidine rings is 1. The van der Waals surface area contributed by atoms with Crippen LogP contribution in [-0.4, -0.2) is 43.0 Å². The second-order valence-electron chi connectivity index (χ2n) is 7.62. The number of benzene rings is 1. The van der Waals surface area contributed by atoms with Crippen molar-refractivity contribution < 1.29 is 18.3 Å². The molecule has 8 heteroatoms. The van der Waals surface area contributed by atoms with Crippen LogP contribution >= 0.6 is 0 Å². The largest absolute Gasteiger partial charge is 0.435 e. The van der Waals surface area contributed by atoms with Crippen LogP contribution in [0.2, 0.25) is 0 Å². The molecule has 1 amide bonds. The minimum atomic E-state index is -2.90. The van der Waals surface area contributed by atoms with E-state index in [4.69, 9.17) is 5.73 Å². The molecular formula is C20H28F2N4O2. The molecule has 2 aliphatic heterocycles. The van der Waals surface area contributed by atoms with E-state index in [0.29, 0.717) is 17.2 Å². The average molecular weight is 394 g/mol. The lowest BCUT2D eigenvalue weighted by atomic mass is 9.71. The number of aliphatic imine (C=N–C) groups is 1. The number of alkyl halides is 2. The first-order valence-corrected chi connectivity index (χ1v) is 9.72. The van der Waals surface area contributed by atoms with Gasteiger partial charge in [-0.3, -0.25) is 9.69 Å². The summed E-state index contributed by atoms with van der Waals surface area (Å²) < 4.78 is 29.8. The summed E-state index contributed by atoms with van der Waals surface area (Å²) in [6, 6.07) is 5.19. The summed E-state index contributed by atoms with van der Waals surface area (Å²) in [6.07, 6.45) is 3.66. The molecule has 154 valence electrons. The second-order valence-corrected chi connectivity index (χ2v) is 7.62. The predicted octanol–water partition coefficient (Wildman–Crippen LogP) is 2.75. The third kappa shape index (κ3) is 3.57. The van der Waals surface area contributed by atoms with Crippen LogP contribution < -0.4 is 15.8 Å². The number of carbonyl (C=O) groups is 1. The zero-order chi connectivity index (χ0) is 20.5. The van der Waals surface area contributed by atoms with E-state index in [9.17, 15) is 13.6 Å². The molecule has 3 atom stereocenters. The Bertz CT molecular complexity index is 769. The van der Waals surface area contributed by atoms with Crippen molar-refractivity contribution in [1.82, 2.24) is 10.2 Å². The molecule has 2 aliphatic rings. The Hall–Kier alpha value is -2.22. The lowest BCUT2D eigenvalue weighted by Crippen LogP contribution is -2.50. The molecule has 0 saturated carbocycles. The maximum absolute atomic E-state index is 13.3. The van der Waals surface area contributed by atoms with Crippen molar-refractivity contribution in [3.05, 3.63) is 29.3 Å². The van der Waals surface area contributed by atoms with E-state index in [2.05, 4.69) is 22.0 Å². The van der Waals surface area contributed by atoms with E-state index in [1.165, 1.54) is 11.0 Å². The Morgan fingerprint density at radius 3 is 2.79 bits per heavy atom. The minimum Gasteiger partial charge on any atom is -0.435 e. The average Bonchev–Trinajstić information content (AvgIpc) is 2.88. The highest BCUT2D eigenvalue weighted by molar-refractivity contribution is 6.07. The molecule has 3 N–H and O–H groups in total. The van der Waals surface area contributed by atoms with Crippen molar-refractivity contribution in [3.8, 4) is 5.75 Å². The Balaban J connectivity index is 2.04. The molecule has 1 saturated heterocycles. The number of carbonyl (C=O) groups excluding carboxylic acids is 1. The maximum atomic E-state index is 13.3. The number of rotatable bonds is 6. The first kappa shape index (κ1) is 20.5. The zero-order valence-electron chi connectivity index (χ0n) is 16.5. The number of amides is 1. The number of nitrogens with one attached hydrogen (secondary N) is 1. The van der Waals surface area contributed by atoms with Crippen LogP contribution in [0.3, 0.4) is 0 Å². The fourth-order valence-electron chi connectivity index (χ4n) is 4.42. The number of likely N-dealkylation sites (N-methyl/N-ethyl adjacent to an activating group) is 1. The van der Waals surface area contributed by atoms with Gasteiger partial charge in [0.1, 0.15) is 5.75 Å². The van der Waals surface area contributed by atoms with Gasteiger partial charge in [-0.1, -0.05) is 19.4 Å². The van der Waals surface area contributed by atoms with Crippen molar-refractivity contribution in [1.29, 1.82) is 0 Å². The summed E-state index contributed by atoms with van der Waals surface area (Å²) >= 11 is 0. The third-order valence-electron chi connectivity index (χ3n) is 5.82. The summed E-state index contributed by atoms with van der Waals surface area (Å²) in [4.78, 5) is 19.4. The maximum Gasteiger partial charge on any atom is 0.387 e. The summed E-state index contributed by atoms with van der Waals surface area (Å²) in [7, 11) is 1.62. The number of nitrogens with zero attached hydrogens (tertiary/aromatic N) is 2. The van der Waals surface area contributed by atoms with Crippen LogP contribution in [0.1, 0.15) is 43.7 Å². The monoisotopic (exact) mass is 394 g/mol. The number of hydrogen-bond donors (Lipinski definition) is 2. The smallest absolute Gasteiger partial charge is 0.387 e. The molecule has 2 heterocycles. The molecular weight excluding hydrogens is 366 g/mol. The van der Waals surface area contributed by atoms with E-state index in [-0.39, 0.29) is 23.5 Å². The molecule has 0 bridgehead atoms. The van der Waals surface area contributed by atoms with Gasteiger partial charge in [-0.25, -0.2) is 4.99 Å². The second kappa shape index (κ2) is 8.03. The summed E-state index contributed by atoms with van der Waals surface area (Å²) in [5.74, 6) is 0.0802. The topological polar surface area (TPSA) is 80.0 Å². The Morgan fingerprint density at radius 1 is 1.46 bits per heavy atom. The highest BCUT2D eigenvalue weighted by atomic mass is 19.3. The lowest BCUT2D eigenvalue weighted by Gasteiger charge is -2.39.